The van der Waals surface area contributed by atoms with Crippen LogP contribution >= 0.6 is 10.7 Å². The maximum Gasteiger partial charge on any atom is 0.471 e. The molecule has 0 bridgehead atoms. The van der Waals surface area contributed by atoms with Gasteiger partial charge in [0.15, 0.2) is 0 Å². The van der Waals surface area contributed by atoms with Crippen LogP contribution < -0.4 is 9.47 Å². The van der Waals surface area contributed by atoms with E-state index in [1.54, 1.807) is 0 Å². The predicted octanol–water partition coefficient (Wildman–Crippen LogP) is 1.95. The summed E-state index contributed by atoms with van der Waals surface area (Å²) in [7, 11) is 3.54. The molecule has 1 aromatic rings. The highest BCUT2D eigenvalue weighted by atomic mass is 35.7. The fraction of sp³-hybridized carbons (Fsp3) is 0.462. The molecule has 2 rings (SSSR count). The number of likely N-dealkylation sites (N-methyl/N-ethyl adjacent to an activating group) is 1. The Morgan fingerprint density at radius 2 is 2.04 bits per heavy atom. The molecule has 0 aliphatic carbocycles. The predicted molar refractivity (Wildman–Crippen MR) is 77.8 cm³/mol. The van der Waals surface area contributed by atoms with Crippen LogP contribution in [-0.4, -0.2) is 52.2 Å². The molecular weight excluding hydrogens is 375 g/mol. The summed E-state index contributed by atoms with van der Waals surface area (Å²) in [6, 6.07) is 1.57. The van der Waals surface area contributed by atoms with E-state index in [1.807, 2.05) is 0 Å². The van der Waals surface area contributed by atoms with Crippen molar-refractivity contribution in [2.45, 2.75) is 23.5 Å². The van der Waals surface area contributed by atoms with Crippen LogP contribution in [-0.2, 0) is 20.3 Å². The Morgan fingerprint density at radius 3 is 2.54 bits per heavy atom. The summed E-state index contributed by atoms with van der Waals surface area (Å²) in [4.78, 5) is 11.6. The Hall–Kier alpha value is -1.68. The highest BCUT2D eigenvalue weighted by Crippen LogP contribution is 2.40. The Kier molecular flexibility index (Phi) is 4.91. The fourth-order valence-corrected chi connectivity index (χ4v) is 3.41. The lowest BCUT2D eigenvalue weighted by molar-refractivity contribution is -0.186. The van der Waals surface area contributed by atoms with Crippen molar-refractivity contribution in [2.75, 3.05) is 20.8 Å². The van der Waals surface area contributed by atoms with Crippen LogP contribution in [0.2, 0.25) is 0 Å². The molecule has 134 valence electrons. The van der Waals surface area contributed by atoms with E-state index >= 15 is 0 Å². The van der Waals surface area contributed by atoms with Gasteiger partial charge < -0.3 is 14.4 Å². The molecule has 11 heteroatoms. The number of alkyl halides is 3. The molecule has 0 aromatic heterocycles. The number of nitrogens with zero attached hydrogens (tertiary/aromatic N) is 1. The number of methoxy groups -OCH3 is 1. The first-order chi connectivity index (χ1) is 11.0. The van der Waals surface area contributed by atoms with Gasteiger partial charge in [-0.1, -0.05) is 0 Å². The zero-order valence-corrected chi connectivity index (χ0v) is 14.1. The number of halogens is 4. The smallest absolute Gasteiger partial charge is 0.471 e. The van der Waals surface area contributed by atoms with Gasteiger partial charge in [0.1, 0.15) is 23.0 Å². The first kappa shape index (κ1) is 18.7. The van der Waals surface area contributed by atoms with Gasteiger partial charge in [0.25, 0.3) is 9.05 Å². The molecule has 0 fully saturated rings. The molecule has 1 aromatic carbocycles. The highest BCUT2D eigenvalue weighted by Gasteiger charge is 2.44. The van der Waals surface area contributed by atoms with Crippen molar-refractivity contribution in [1.29, 1.82) is 0 Å². The van der Waals surface area contributed by atoms with Crippen molar-refractivity contribution < 1.29 is 35.9 Å². The monoisotopic (exact) mass is 387 g/mol. The topological polar surface area (TPSA) is 72.9 Å². The lowest BCUT2D eigenvalue weighted by Gasteiger charge is -2.33. The Morgan fingerprint density at radius 1 is 1.42 bits per heavy atom. The largest absolute Gasteiger partial charge is 0.496 e. The van der Waals surface area contributed by atoms with Gasteiger partial charge in [0.2, 0.25) is 0 Å². The molecule has 1 amide bonds. The third-order valence-corrected chi connectivity index (χ3v) is 4.98. The number of carbonyl (C=O) groups excluding carboxylic acids is 1. The number of hydrogen-bond acceptors (Lipinski definition) is 5. The van der Waals surface area contributed by atoms with Gasteiger partial charge in [-0.15, -0.1) is 0 Å². The minimum Gasteiger partial charge on any atom is -0.496 e. The molecule has 1 aliphatic heterocycles. The number of carbonyl (C=O) groups is 1. The average Bonchev–Trinajstić information content (AvgIpc) is 2.49. The summed E-state index contributed by atoms with van der Waals surface area (Å²) < 4.78 is 71.3. The van der Waals surface area contributed by atoms with Crippen molar-refractivity contribution in [2.24, 2.45) is 0 Å². The van der Waals surface area contributed by atoms with Gasteiger partial charge in [-0.2, -0.15) is 13.2 Å². The van der Waals surface area contributed by atoms with E-state index in [-0.39, 0.29) is 35.0 Å². The normalized spacial score (nSPS) is 17.7. The lowest BCUT2D eigenvalue weighted by Crippen LogP contribution is -2.49. The Balaban J connectivity index is 2.42. The minimum atomic E-state index is -5.01. The van der Waals surface area contributed by atoms with Crippen molar-refractivity contribution in [1.82, 2.24) is 4.90 Å². The second-order valence-electron chi connectivity index (χ2n) is 5.09. The average molecular weight is 388 g/mol. The van der Waals surface area contributed by atoms with E-state index in [9.17, 15) is 26.4 Å². The molecule has 0 N–H and O–H groups in total. The summed E-state index contributed by atoms with van der Waals surface area (Å²) in [5.41, 5.74) is 0.234. The molecule has 24 heavy (non-hydrogen) atoms. The Bertz CT molecular complexity index is 766. The highest BCUT2D eigenvalue weighted by molar-refractivity contribution is 8.13. The molecule has 0 unspecified atom stereocenters. The van der Waals surface area contributed by atoms with E-state index in [2.05, 4.69) is 0 Å². The minimum absolute atomic E-state index is 0.0723. The van der Waals surface area contributed by atoms with Gasteiger partial charge in [-0.05, 0) is 12.1 Å². The number of rotatable bonds is 3. The summed E-state index contributed by atoms with van der Waals surface area (Å²) in [5.74, 6) is -1.86. The molecule has 1 atom stereocenters. The van der Waals surface area contributed by atoms with Crippen LogP contribution in [0, 0.1) is 0 Å². The lowest BCUT2D eigenvalue weighted by atomic mass is 10.0. The van der Waals surface area contributed by atoms with Crippen LogP contribution in [0.3, 0.4) is 0 Å². The molecule has 1 heterocycles. The zero-order chi connectivity index (χ0) is 18.3. The van der Waals surface area contributed by atoms with Crippen molar-refractivity contribution >= 4 is 25.6 Å². The summed E-state index contributed by atoms with van der Waals surface area (Å²) in [5, 5.41) is 0. The second kappa shape index (κ2) is 6.32. The number of hydrogen-bond donors (Lipinski definition) is 0. The number of benzene rings is 1. The number of fused-ring (bicyclic) bond motifs is 1. The standard InChI is InChI=1S/C13H13ClF3NO5S/c1-18(12(19)13(15,16)17)7-5-8-9(22-2)3-4-10(24(14,20)21)11(8)23-6-7/h3-4,7H,5-6H2,1-2H3/t7-/m1/s1. The SMILES string of the molecule is COc1ccc(S(=O)(=O)Cl)c2c1C[C@@H](N(C)C(=O)C(F)(F)F)CO2. The third kappa shape index (κ3) is 3.54. The number of ether oxygens (including phenoxy) is 2. The summed E-state index contributed by atoms with van der Waals surface area (Å²) in [6.45, 7) is -0.308. The van der Waals surface area contributed by atoms with E-state index in [1.165, 1.54) is 19.2 Å². The Labute approximate surface area is 140 Å². The van der Waals surface area contributed by atoms with Gasteiger partial charge in [-0.25, -0.2) is 8.42 Å². The summed E-state index contributed by atoms with van der Waals surface area (Å²) in [6.07, 6.45) is -5.09. The van der Waals surface area contributed by atoms with Crippen molar-refractivity contribution in [3.8, 4) is 11.5 Å². The van der Waals surface area contributed by atoms with E-state index in [0.717, 1.165) is 7.05 Å². The maximum absolute atomic E-state index is 12.6. The number of amides is 1. The van der Waals surface area contributed by atoms with Crippen LogP contribution in [0.15, 0.2) is 17.0 Å². The van der Waals surface area contributed by atoms with E-state index < -0.39 is 27.2 Å². The van der Waals surface area contributed by atoms with Crippen LogP contribution in [0.4, 0.5) is 13.2 Å². The van der Waals surface area contributed by atoms with Crippen molar-refractivity contribution in [3.05, 3.63) is 17.7 Å². The quantitative estimate of drug-likeness (QED) is 0.741. The van der Waals surface area contributed by atoms with Crippen LogP contribution in [0.5, 0.6) is 11.5 Å². The van der Waals surface area contributed by atoms with Gasteiger partial charge in [0.05, 0.1) is 13.2 Å². The van der Waals surface area contributed by atoms with Gasteiger partial charge >= 0.3 is 12.1 Å². The molecule has 0 radical (unpaired) electrons. The first-order valence-corrected chi connectivity index (χ1v) is 8.89. The van der Waals surface area contributed by atoms with Crippen LogP contribution in [0.1, 0.15) is 5.56 Å². The van der Waals surface area contributed by atoms with Crippen molar-refractivity contribution in [3.63, 3.8) is 0 Å². The molecule has 0 saturated carbocycles. The molecule has 0 spiro atoms. The van der Waals surface area contributed by atoms with Gasteiger partial charge in [-0.3, -0.25) is 4.79 Å². The fourth-order valence-electron chi connectivity index (χ4n) is 2.41. The molecule has 1 aliphatic rings. The molecular formula is C13H13ClF3NO5S. The third-order valence-electron chi connectivity index (χ3n) is 3.63. The zero-order valence-electron chi connectivity index (χ0n) is 12.6. The van der Waals surface area contributed by atoms with E-state index in [0.29, 0.717) is 4.90 Å². The summed E-state index contributed by atoms with van der Waals surface area (Å²) >= 11 is 0. The maximum atomic E-state index is 12.6. The van der Waals surface area contributed by atoms with E-state index in [4.69, 9.17) is 20.2 Å². The van der Waals surface area contributed by atoms with Crippen LogP contribution in [0.25, 0.3) is 0 Å². The van der Waals surface area contributed by atoms with Gasteiger partial charge in [0, 0.05) is 29.7 Å². The molecule has 6 nitrogen and oxygen atoms in total. The second-order valence-corrected chi connectivity index (χ2v) is 7.63. The molecule has 0 saturated heterocycles. The first-order valence-electron chi connectivity index (χ1n) is 6.58.